The number of halogens is 3. The topological polar surface area (TPSA) is 62.0 Å². The third-order valence-electron chi connectivity index (χ3n) is 0.675. The van der Waals surface area contributed by atoms with Crippen LogP contribution in [0.3, 0.4) is 0 Å². The molecule has 11 heavy (non-hydrogen) atoms. The van der Waals surface area contributed by atoms with Crippen LogP contribution < -0.4 is 0 Å². The Morgan fingerprint density at radius 2 is 2.18 bits per heavy atom. The number of hydrogen-bond donors (Lipinski definition) is 0. The minimum atomic E-state index is -4.86. The molecule has 4 nitrogen and oxygen atoms in total. The molecule has 0 saturated carbocycles. The molecule has 0 aliphatic carbocycles. The van der Waals surface area contributed by atoms with Crippen LogP contribution in [-0.2, 0) is 11.2 Å². The van der Waals surface area contributed by atoms with Gasteiger partial charge in [-0.05, 0) is 5.16 Å². The summed E-state index contributed by atoms with van der Waals surface area (Å²) in [5, 5.41) is 1.76. The molecule has 0 amide bonds. The molecular weight excluding hydrogens is 185 g/mol. The highest BCUT2D eigenvalue weighted by atomic mass is 32.2. The van der Waals surface area contributed by atoms with E-state index < -0.39 is 21.9 Å². The predicted molar refractivity (Wildman–Crippen MR) is 25.6 cm³/mol. The zero-order valence-corrected chi connectivity index (χ0v) is 5.57. The largest absolute Gasteiger partial charge is 0.600 e. The zero-order valence-electron chi connectivity index (χ0n) is 4.75. The second kappa shape index (κ2) is 2.70. The fourth-order valence-corrected chi connectivity index (χ4v) is 0.742. The van der Waals surface area contributed by atoms with Crippen molar-refractivity contribution in [2.24, 2.45) is 0 Å². The quantitative estimate of drug-likeness (QED) is 0.597. The molecule has 1 aromatic heterocycles. The smallest absolute Gasteiger partial charge is 0.583 e. The second-order valence-corrected chi connectivity index (χ2v) is 2.72. The van der Waals surface area contributed by atoms with Gasteiger partial charge < -0.3 is 4.55 Å². The van der Waals surface area contributed by atoms with E-state index in [2.05, 4.69) is 14.7 Å². The minimum Gasteiger partial charge on any atom is -0.600 e. The molecule has 0 N–H and O–H groups in total. The van der Waals surface area contributed by atoms with E-state index in [9.17, 15) is 17.7 Å². The van der Waals surface area contributed by atoms with Gasteiger partial charge in [0, 0.05) is 0 Å². The number of hydrogen-bond acceptors (Lipinski definition) is 4. The second-order valence-electron chi connectivity index (χ2n) is 1.37. The molecule has 1 heterocycles. The maximum atomic E-state index is 11.6. The fourth-order valence-electron chi connectivity index (χ4n) is 0.315. The van der Waals surface area contributed by atoms with Gasteiger partial charge in [-0.2, -0.15) is 0 Å². The summed E-state index contributed by atoms with van der Waals surface area (Å²) in [6.45, 7) is 0. The number of aromatic nitrogens is 2. The lowest BCUT2D eigenvalue weighted by Crippen LogP contribution is -2.23. The molecule has 1 rings (SSSR count). The number of alkyl halides is 3. The van der Waals surface area contributed by atoms with Crippen molar-refractivity contribution in [3.8, 4) is 0 Å². The Kier molecular flexibility index (Phi) is 2.05. The van der Waals surface area contributed by atoms with Gasteiger partial charge in [0.05, 0.1) is 0 Å². The van der Waals surface area contributed by atoms with Gasteiger partial charge in [-0.15, -0.1) is 18.2 Å². The van der Waals surface area contributed by atoms with Crippen molar-refractivity contribution >= 4 is 11.2 Å². The lowest BCUT2D eigenvalue weighted by atomic mass is 11.3. The summed E-state index contributed by atoms with van der Waals surface area (Å²) in [5.74, 6) is 0. The summed E-state index contributed by atoms with van der Waals surface area (Å²) in [4.78, 5) is 2.86. The Hall–Kier alpha value is -0.760. The maximum absolute atomic E-state index is 11.6. The third kappa shape index (κ3) is 1.84. The van der Waals surface area contributed by atoms with E-state index in [1.54, 1.807) is 6.33 Å². The van der Waals surface area contributed by atoms with Crippen molar-refractivity contribution in [1.82, 2.24) is 10.1 Å². The summed E-state index contributed by atoms with van der Waals surface area (Å²) in [6, 6.07) is 0. The monoisotopic (exact) mass is 185 g/mol. The van der Waals surface area contributed by atoms with Gasteiger partial charge in [-0.25, -0.2) is 0 Å². The maximum Gasteiger partial charge on any atom is 0.583 e. The lowest BCUT2D eigenvalue weighted by Gasteiger charge is -2.05. The highest BCUT2D eigenvalue weighted by Gasteiger charge is 2.49. The van der Waals surface area contributed by atoms with E-state index >= 15 is 0 Å². The highest BCUT2D eigenvalue weighted by molar-refractivity contribution is 7.92. The standard InChI is InChI=1S/C3F3N2O2S/c4-3(5,6)11(9)2-7-1-8-10-2. The molecule has 0 saturated heterocycles. The molecule has 1 radical (unpaired) electrons. The Bertz CT molecular complexity index is 223. The number of nitrogens with zero attached hydrogens (tertiary/aromatic N) is 2. The van der Waals surface area contributed by atoms with Gasteiger partial charge in [0.15, 0.2) is 11.2 Å². The van der Waals surface area contributed by atoms with Gasteiger partial charge in [0.2, 0.25) is 6.33 Å². The molecule has 0 bridgehead atoms. The summed E-state index contributed by atoms with van der Waals surface area (Å²) < 4.78 is 48.9. The van der Waals surface area contributed by atoms with Crippen LogP contribution in [0.4, 0.5) is 13.2 Å². The molecule has 0 aliphatic heterocycles. The van der Waals surface area contributed by atoms with E-state index in [-0.39, 0.29) is 0 Å². The van der Waals surface area contributed by atoms with Crippen LogP contribution in [0.5, 0.6) is 0 Å². The Morgan fingerprint density at radius 3 is 2.55 bits per heavy atom. The molecule has 0 fully saturated rings. The third-order valence-corrected chi connectivity index (χ3v) is 1.58. The van der Waals surface area contributed by atoms with Crippen molar-refractivity contribution in [1.29, 1.82) is 0 Å². The first-order valence-electron chi connectivity index (χ1n) is 2.20. The van der Waals surface area contributed by atoms with Crippen molar-refractivity contribution in [3.05, 3.63) is 6.33 Å². The van der Waals surface area contributed by atoms with Gasteiger partial charge in [-0.1, -0.05) is 0 Å². The van der Waals surface area contributed by atoms with Crippen molar-refractivity contribution in [2.75, 3.05) is 0 Å². The fraction of sp³-hybridized carbons (Fsp3) is 0.333. The van der Waals surface area contributed by atoms with Crippen LogP contribution in [0, 0.1) is 6.33 Å². The van der Waals surface area contributed by atoms with Gasteiger partial charge in [0.1, 0.15) is 0 Å². The first kappa shape index (κ1) is 8.34. The van der Waals surface area contributed by atoms with E-state index in [0.29, 0.717) is 0 Å². The highest BCUT2D eigenvalue weighted by Crippen LogP contribution is 2.28. The van der Waals surface area contributed by atoms with Crippen LogP contribution in [-0.4, -0.2) is 20.2 Å². The van der Waals surface area contributed by atoms with E-state index in [0.717, 1.165) is 0 Å². The normalized spacial score (nSPS) is 14.9. The first-order chi connectivity index (χ1) is 5.02. The lowest BCUT2D eigenvalue weighted by molar-refractivity contribution is -0.0451. The average Bonchev–Trinajstić information content (AvgIpc) is 2.34. The Morgan fingerprint density at radius 1 is 1.55 bits per heavy atom. The molecule has 0 aliphatic rings. The van der Waals surface area contributed by atoms with Crippen molar-refractivity contribution in [3.63, 3.8) is 0 Å². The first-order valence-corrected chi connectivity index (χ1v) is 3.35. The summed E-state index contributed by atoms with van der Waals surface area (Å²) in [7, 11) is 0. The summed E-state index contributed by atoms with van der Waals surface area (Å²) in [6.07, 6.45) is 1.72. The molecular formula is C3F3N2O2S. The van der Waals surface area contributed by atoms with Gasteiger partial charge >= 0.3 is 10.7 Å². The molecule has 0 spiro atoms. The minimum absolute atomic E-state index is 0.988. The van der Waals surface area contributed by atoms with Crippen LogP contribution in [0.25, 0.3) is 0 Å². The molecule has 1 atom stereocenters. The van der Waals surface area contributed by atoms with Crippen LogP contribution >= 0.6 is 0 Å². The average molecular weight is 185 g/mol. The zero-order chi connectivity index (χ0) is 8.48. The molecule has 8 heteroatoms. The van der Waals surface area contributed by atoms with E-state index in [1.165, 1.54) is 0 Å². The van der Waals surface area contributed by atoms with Crippen LogP contribution in [0.2, 0.25) is 0 Å². The Labute approximate surface area is 61.6 Å². The van der Waals surface area contributed by atoms with E-state index in [1.807, 2.05) is 0 Å². The molecule has 61 valence electrons. The SMILES string of the molecule is [O-][S+](c1n[c]no1)C(F)(F)F. The summed E-state index contributed by atoms with van der Waals surface area (Å²) in [5.41, 5.74) is -4.86. The number of rotatable bonds is 1. The Balaban J connectivity index is 2.78. The van der Waals surface area contributed by atoms with Crippen molar-refractivity contribution in [2.45, 2.75) is 10.7 Å². The van der Waals surface area contributed by atoms with E-state index in [4.69, 9.17) is 0 Å². The molecule has 1 aromatic rings. The van der Waals surface area contributed by atoms with Crippen LogP contribution in [0.15, 0.2) is 9.75 Å². The molecule has 1 unspecified atom stereocenters. The van der Waals surface area contributed by atoms with Gasteiger partial charge in [0.25, 0.3) is 0 Å². The summed E-state index contributed by atoms with van der Waals surface area (Å²) >= 11 is -3.24. The van der Waals surface area contributed by atoms with Crippen molar-refractivity contribution < 1.29 is 22.2 Å². The molecule has 0 aromatic carbocycles. The van der Waals surface area contributed by atoms with Crippen LogP contribution in [0.1, 0.15) is 0 Å². The van der Waals surface area contributed by atoms with Gasteiger partial charge in [-0.3, -0.25) is 4.52 Å². The predicted octanol–water partition coefficient (Wildman–Crippen LogP) is 0.497.